The van der Waals surface area contributed by atoms with E-state index in [1.165, 1.54) is 24.1 Å². The Morgan fingerprint density at radius 1 is 1.11 bits per heavy atom. The third-order valence-corrected chi connectivity index (χ3v) is 3.39. The van der Waals surface area contributed by atoms with Gasteiger partial charge in [0.2, 0.25) is 0 Å². The molecule has 1 aromatic carbocycles. The number of anilines is 2. The molecule has 0 saturated carbocycles. The second kappa shape index (κ2) is 4.69. The van der Waals surface area contributed by atoms with Crippen LogP contribution in [0.2, 0.25) is 0 Å². The van der Waals surface area contributed by atoms with E-state index in [0.29, 0.717) is 5.82 Å². The van der Waals surface area contributed by atoms with E-state index >= 15 is 0 Å². The molecule has 3 nitrogen and oxygen atoms in total. The Kier molecular flexibility index (Phi) is 2.89. The fourth-order valence-electron chi connectivity index (χ4n) is 2.56. The van der Waals surface area contributed by atoms with Gasteiger partial charge in [0, 0.05) is 12.2 Å². The summed E-state index contributed by atoms with van der Waals surface area (Å²) in [6.45, 7) is 1.93. The second-order valence-electron chi connectivity index (χ2n) is 4.71. The van der Waals surface area contributed by atoms with Crippen molar-refractivity contribution in [2.24, 2.45) is 0 Å². The van der Waals surface area contributed by atoms with E-state index in [1.54, 1.807) is 0 Å². The average Bonchev–Trinajstić information content (AvgIpc) is 2.39. The van der Waals surface area contributed by atoms with Crippen LogP contribution in [0.5, 0.6) is 0 Å². The molecule has 0 aliphatic carbocycles. The highest BCUT2D eigenvalue weighted by molar-refractivity contribution is 5.55. The van der Waals surface area contributed by atoms with Crippen molar-refractivity contribution in [3.05, 3.63) is 53.7 Å². The summed E-state index contributed by atoms with van der Waals surface area (Å²) in [6.07, 6.45) is 2.39. The third kappa shape index (κ3) is 2.16. The van der Waals surface area contributed by atoms with Crippen LogP contribution in [0.15, 0.2) is 42.5 Å². The molecule has 2 aromatic rings. The SMILES string of the molecule is Nc1cccc(CN2CCCc3ccccc32)n1. The summed E-state index contributed by atoms with van der Waals surface area (Å²) in [6, 6.07) is 14.5. The number of nitrogen functional groups attached to an aromatic ring is 1. The van der Waals surface area contributed by atoms with Crippen molar-refractivity contribution in [1.82, 2.24) is 4.98 Å². The minimum Gasteiger partial charge on any atom is -0.384 e. The first-order chi connectivity index (χ1) is 8.83. The minimum atomic E-state index is 0.595. The van der Waals surface area contributed by atoms with E-state index in [2.05, 4.69) is 34.1 Å². The van der Waals surface area contributed by atoms with Gasteiger partial charge in [0.1, 0.15) is 5.82 Å². The van der Waals surface area contributed by atoms with Crippen LogP contribution < -0.4 is 10.6 Å². The fourth-order valence-corrected chi connectivity index (χ4v) is 2.56. The second-order valence-corrected chi connectivity index (χ2v) is 4.71. The number of hydrogen-bond donors (Lipinski definition) is 1. The van der Waals surface area contributed by atoms with Crippen LogP contribution in [0.3, 0.4) is 0 Å². The number of aryl methyl sites for hydroxylation is 1. The number of aromatic nitrogens is 1. The fraction of sp³-hybridized carbons (Fsp3) is 0.267. The Hall–Kier alpha value is -2.03. The topological polar surface area (TPSA) is 42.1 Å². The summed E-state index contributed by atoms with van der Waals surface area (Å²) < 4.78 is 0. The van der Waals surface area contributed by atoms with Crippen molar-refractivity contribution in [3.8, 4) is 0 Å². The quantitative estimate of drug-likeness (QED) is 0.876. The number of nitrogens with zero attached hydrogens (tertiary/aromatic N) is 2. The molecule has 2 heterocycles. The van der Waals surface area contributed by atoms with E-state index in [9.17, 15) is 0 Å². The van der Waals surface area contributed by atoms with Crippen molar-refractivity contribution in [2.45, 2.75) is 19.4 Å². The number of nitrogens with two attached hydrogens (primary N) is 1. The van der Waals surface area contributed by atoms with E-state index in [-0.39, 0.29) is 0 Å². The number of para-hydroxylation sites is 1. The summed E-state index contributed by atoms with van der Waals surface area (Å²) in [5.74, 6) is 0.595. The van der Waals surface area contributed by atoms with Crippen molar-refractivity contribution in [2.75, 3.05) is 17.2 Å². The molecule has 0 atom stereocenters. The highest BCUT2D eigenvalue weighted by Crippen LogP contribution is 2.27. The van der Waals surface area contributed by atoms with Gasteiger partial charge in [0.25, 0.3) is 0 Å². The monoisotopic (exact) mass is 239 g/mol. The Labute approximate surface area is 107 Å². The summed E-state index contributed by atoms with van der Waals surface area (Å²) in [5, 5.41) is 0. The highest BCUT2D eigenvalue weighted by atomic mass is 15.1. The highest BCUT2D eigenvalue weighted by Gasteiger charge is 2.16. The molecule has 1 aliphatic rings. The van der Waals surface area contributed by atoms with E-state index in [1.807, 2.05) is 18.2 Å². The van der Waals surface area contributed by atoms with Gasteiger partial charge in [-0.2, -0.15) is 0 Å². The Morgan fingerprint density at radius 3 is 2.89 bits per heavy atom. The minimum absolute atomic E-state index is 0.595. The Balaban J connectivity index is 1.86. The molecule has 0 radical (unpaired) electrons. The van der Waals surface area contributed by atoms with Gasteiger partial charge in [-0.15, -0.1) is 0 Å². The summed E-state index contributed by atoms with van der Waals surface area (Å²) in [5.41, 5.74) is 9.54. The van der Waals surface area contributed by atoms with E-state index in [4.69, 9.17) is 5.73 Å². The standard InChI is InChI=1S/C15H17N3/c16-15-9-3-7-13(17-15)11-18-10-4-6-12-5-1-2-8-14(12)18/h1-3,5,7-9H,4,6,10-11H2,(H2,16,17). The Bertz CT molecular complexity index is 551. The van der Waals surface area contributed by atoms with Gasteiger partial charge in [-0.05, 0) is 36.6 Å². The summed E-state index contributed by atoms with van der Waals surface area (Å²) in [4.78, 5) is 6.77. The smallest absolute Gasteiger partial charge is 0.123 e. The molecule has 0 unspecified atom stereocenters. The van der Waals surface area contributed by atoms with E-state index < -0.39 is 0 Å². The van der Waals surface area contributed by atoms with Crippen LogP contribution in [0.25, 0.3) is 0 Å². The molecule has 1 aromatic heterocycles. The van der Waals surface area contributed by atoms with Gasteiger partial charge in [-0.25, -0.2) is 4.98 Å². The molecule has 0 amide bonds. The van der Waals surface area contributed by atoms with Crippen molar-refractivity contribution in [1.29, 1.82) is 0 Å². The summed E-state index contributed by atoms with van der Waals surface area (Å²) in [7, 11) is 0. The van der Waals surface area contributed by atoms with Crippen LogP contribution in [0, 0.1) is 0 Å². The number of pyridine rings is 1. The molecular weight excluding hydrogens is 222 g/mol. The largest absolute Gasteiger partial charge is 0.384 e. The first-order valence-electron chi connectivity index (χ1n) is 6.37. The van der Waals surface area contributed by atoms with Crippen molar-refractivity contribution in [3.63, 3.8) is 0 Å². The van der Waals surface area contributed by atoms with Crippen molar-refractivity contribution >= 4 is 11.5 Å². The molecule has 3 heteroatoms. The van der Waals surface area contributed by atoms with Gasteiger partial charge in [-0.3, -0.25) is 0 Å². The van der Waals surface area contributed by atoms with Crippen LogP contribution in [0.1, 0.15) is 17.7 Å². The van der Waals surface area contributed by atoms with Gasteiger partial charge in [0.15, 0.2) is 0 Å². The lowest BCUT2D eigenvalue weighted by atomic mass is 10.0. The van der Waals surface area contributed by atoms with Crippen molar-refractivity contribution < 1.29 is 0 Å². The maximum absolute atomic E-state index is 5.73. The van der Waals surface area contributed by atoms with E-state index in [0.717, 1.165) is 18.8 Å². The molecule has 3 rings (SSSR count). The zero-order valence-corrected chi connectivity index (χ0v) is 10.3. The van der Waals surface area contributed by atoms with Gasteiger partial charge in [0.05, 0.1) is 12.2 Å². The van der Waals surface area contributed by atoms with Gasteiger partial charge >= 0.3 is 0 Å². The molecule has 0 fully saturated rings. The molecule has 0 spiro atoms. The lowest BCUT2D eigenvalue weighted by Gasteiger charge is -2.31. The average molecular weight is 239 g/mol. The molecule has 0 bridgehead atoms. The first-order valence-corrected chi connectivity index (χ1v) is 6.37. The third-order valence-electron chi connectivity index (χ3n) is 3.39. The van der Waals surface area contributed by atoms with Gasteiger partial charge in [-0.1, -0.05) is 24.3 Å². The molecule has 2 N–H and O–H groups in total. The predicted molar refractivity (Wildman–Crippen MR) is 74.5 cm³/mol. The predicted octanol–water partition coefficient (Wildman–Crippen LogP) is 2.62. The van der Waals surface area contributed by atoms with Crippen LogP contribution >= 0.6 is 0 Å². The lowest BCUT2D eigenvalue weighted by molar-refractivity contribution is 0.684. The maximum atomic E-state index is 5.73. The first kappa shape index (κ1) is 11.1. The zero-order chi connectivity index (χ0) is 12.4. The zero-order valence-electron chi connectivity index (χ0n) is 10.3. The van der Waals surface area contributed by atoms with Crippen LogP contribution in [0.4, 0.5) is 11.5 Å². The maximum Gasteiger partial charge on any atom is 0.123 e. The van der Waals surface area contributed by atoms with Gasteiger partial charge < -0.3 is 10.6 Å². The molecular formula is C15H17N3. The summed E-state index contributed by atoms with van der Waals surface area (Å²) >= 11 is 0. The number of rotatable bonds is 2. The molecule has 0 saturated heterocycles. The Morgan fingerprint density at radius 2 is 2.00 bits per heavy atom. The van der Waals surface area contributed by atoms with Crippen LogP contribution in [-0.2, 0) is 13.0 Å². The molecule has 1 aliphatic heterocycles. The lowest BCUT2D eigenvalue weighted by Crippen LogP contribution is -2.29. The molecule has 92 valence electrons. The number of benzene rings is 1. The number of hydrogen-bond acceptors (Lipinski definition) is 3. The van der Waals surface area contributed by atoms with Crippen LogP contribution in [-0.4, -0.2) is 11.5 Å². The normalized spacial score (nSPS) is 14.3. The molecule has 18 heavy (non-hydrogen) atoms. The number of fused-ring (bicyclic) bond motifs is 1.